The number of halogens is 1. The molecule has 5 rings (SSSR count). The number of methoxy groups -OCH3 is 4. The maximum absolute atomic E-state index is 5.83. The number of benzene rings is 3. The molecule has 0 atom stereocenters. The Kier molecular flexibility index (Phi) is 7.40. The van der Waals surface area contributed by atoms with Crippen LogP contribution in [0.4, 0.5) is 0 Å². The number of rotatable bonds is 6. The maximum atomic E-state index is 5.83. The van der Waals surface area contributed by atoms with Crippen LogP contribution in [-0.2, 0) is 19.4 Å². The van der Waals surface area contributed by atoms with Gasteiger partial charge >= 0.3 is 0 Å². The van der Waals surface area contributed by atoms with Crippen LogP contribution in [0, 0.1) is 6.92 Å². The van der Waals surface area contributed by atoms with Gasteiger partial charge in [-0.05, 0) is 42.3 Å². The van der Waals surface area contributed by atoms with Crippen molar-refractivity contribution in [1.29, 1.82) is 0 Å². The third kappa shape index (κ3) is 4.40. The molecule has 35 heavy (non-hydrogen) atoms. The second kappa shape index (κ2) is 10.3. The smallest absolute Gasteiger partial charge is 0.217 e. The molecule has 0 bridgehead atoms. The van der Waals surface area contributed by atoms with E-state index in [1.807, 2.05) is 6.07 Å². The topological polar surface area (TPSA) is 40.8 Å². The highest BCUT2D eigenvalue weighted by Gasteiger charge is 2.31. The summed E-state index contributed by atoms with van der Waals surface area (Å²) in [6.07, 6.45) is 3.91. The zero-order valence-corrected chi connectivity index (χ0v) is 22.9. The van der Waals surface area contributed by atoms with Gasteiger partial charge in [0.2, 0.25) is 5.69 Å². The number of pyridine rings is 1. The molecular weight excluding hydrogens is 553 g/mol. The van der Waals surface area contributed by atoms with Crippen LogP contribution < -0.4 is 47.5 Å². The van der Waals surface area contributed by atoms with Crippen LogP contribution in [0.5, 0.6) is 23.0 Å². The van der Waals surface area contributed by atoms with Crippen molar-refractivity contribution in [2.45, 2.75) is 26.3 Å². The number of fused-ring (bicyclic) bond motifs is 4. The summed E-state index contributed by atoms with van der Waals surface area (Å²) in [5.74, 6) is 3.00. The molecule has 0 saturated carbocycles. The lowest BCUT2D eigenvalue weighted by molar-refractivity contribution is -0.686. The van der Waals surface area contributed by atoms with E-state index in [-0.39, 0.29) is 24.0 Å². The highest BCUT2D eigenvalue weighted by atomic mass is 127. The lowest BCUT2D eigenvalue weighted by Gasteiger charge is -2.22. The minimum Gasteiger partial charge on any atom is -1.00 e. The van der Waals surface area contributed by atoms with Gasteiger partial charge in [-0.1, -0.05) is 29.8 Å². The molecule has 0 N–H and O–H groups in total. The average molecular weight is 583 g/mol. The standard InChI is InChI=1S/C29H30NO4.HI/c1-18-7-6-8-19(13-18)14-23-21-9-10-25(31-2)29(34-5)24(21)17-30-12-11-20-15-26(32-3)27(33-4)16-22(20)28(23)30;/h6-10,13,15-17H,11-12,14H2,1-5H3;1H/q+1;/p-1. The van der Waals surface area contributed by atoms with Gasteiger partial charge in [0.1, 0.15) is 0 Å². The van der Waals surface area contributed by atoms with Crippen molar-refractivity contribution < 1.29 is 47.5 Å². The van der Waals surface area contributed by atoms with Crippen molar-refractivity contribution in [3.05, 3.63) is 77.0 Å². The Morgan fingerprint density at radius 1 is 0.800 bits per heavy atom. The van der Waals surface area contributed by atoms with Gasteiger partial charge in [0.15, 0.2) is 35.7 Å². The first-order chi connectivity index (χ1) is 16.6. The molecular formula is C29H30INO4. The molecule has 0 unspecified atom stereocenters. The van der Waals surface area contributed by atoms with Gasteiger partial charge in [-0.15, -0.1) is 0 Å². The molecule has 5 nitrogen and oxygen atoms in total. The lowest BCUT2D eigenvalue weighted by Crippen LogP contribution is -3.00. The summed E-state index contributed by atoms with van der Waals surface area (Å²) in [6, 6.07) is 17.1. The Balaban J connectivity index is 0.00000289. The summed E-state index contributed by atoms with van der Waals surface area (Å²) in [7, 11) is 6.76. The van der Waals surface area contributed by atoms with Crippen LogP contribution in [0.1, 0.15) is 22.3 Å². The molecule has 4 aromatic rings. The van der Waals surface area contributed by atoms with E-state index in [1.165, 1.54) is 33.5 Å². The van der Waals surface area contributed by atoms with Crippen molar-refractivity contribution in [2.24, 2.45) is 0 Å². The zero-order chi connectivity index (χ0) is 23.8. The summed E-state index contributed by atoms with van der Waals surface area (Å²) in [6.45, 7) is 3.01. The van der Waals surface area contributed by atoms with E-state index in [1.54, 1.807) is 28.4 Å². The first-order valence-corrected chi connectivity index (χ1v) is 11.5. The summed E-state index contributed by atoms with van der Waals surface area (Å²) in [5, 5.41) is 2.21. The number of aryl methyl sites for hydroxylation is 3. The molecule has 182 valence electrons. The fourth-order valence-electron chi connectivity index (χ4n) is 5.15. The highest BCUT2D eigenvalue weighted by Crippen LogP contribution is 2.43. The number of nitrogens with zero attached hydrogens (tertiary/aromatic N) is 1. The van der Waals surface area contributed by atoms with Crippen LogP contribution in [0.25, 0.3) is 22.0 Å². The van der Waals surface area contributed by atoms with Crippen LogP contribution >= 0.6 is 0 Å². The van der Waals surface area contributed by atoms with Crippen LogP contribution in [0.3, 0.4) is 0 Å². The minimum atomic E-state index is 0. The van der Waals surface area contributed by atoms with Crippen molar-refractivity contribution >= 4 is 10.8 Å². The van der Waals surface area contributed by atoms with E-state index in [0.717, 1.165) is 53.2 Å². The Hall–Kier alpha value is -3.00. The first kappa shape index (κ1) is 25.1. The summed E-state index contributed by atoms with van der Waals surface area (Å²) >= 11 is 0. The van der Waals surface area contributed by atoms with E-state index in [4.69, 9.17) is 18.9 Å². The molecule has 2 heterocycles. The predicted molar refractivity (Wildman–Crippen MR) is 133 cm³/mol. The second-order valence-corrected chi connectivity index (χ2v) is 8.69. The largest absolute Gasteiger partial charge is 1.00 e. The number of ether oxygens (including phenoxy) is 4. The predicted octanol–water partition coefficient (Wildman–Crippen LogP) is 2.29. The quantitative estimate of drug-likeness (QED) is 0.258. The van der Waals surface area contributed by atoms with Crippen molar-refractivity contribution in [3.8, 4) is 34.3 Å². The van der Waals surface area contributed by atoms with E-state index >= 15 is 0 Å². The van der Waals surface area contributed by atoms with Gasteiger partial charge < -0.3 is 42.9 Å². The van der Waals surface area contributed by atoms with Gasteiger partial charge in [0.25, 0.3) is 0 Å². The third-order valence-electron chi connectivity index (χ3n) is 6.72. The van der Waals surface area contributed by atoms with E-state index < -0.39 is 0 Å². The number of hydrogen-bond donors (Lipinski definition) is 0. The molecule has 3 aromatic carbocycles. The lowest BCUT2D eigenvalue weighted by atomic mass is 9.88. The van der Waals surface area contributed by atoms with Crippen molar-refractivity contribution in [1.82, 2.24) is 0 Å². The summed E-state index contributed by atoms with van der Waals surface area (Å²) in [4.78, 5) is 0. The molecule has 0 radical (unpaired) electrons. The van der Waals surface area contributed by atoms with E-state index in [0.29, 0.717) is 0 Å². The fourth-order valence-corrected chi connectivity index (χ4v) is 5.15. The van der Waals surface area contributed by atoms with E-state index in [2.05, 4.69) is 60.2 Å². The van der Waals surface area contributed by atoms with Crippen molar-refractivity contribution in [3.63, 3.8) is 0 Å². The molecule has 6 heteroatoms. The average Bonchev–Trinajstić information content (AvgIpc) is 2.86. The molecule has 1 aromatic heterocycles. The Labute approximate surface area is 223 Å². The van der Waals surface area contributed by atoms with Gasteiger partial charge in [-0.25, -0.2) is 0 Å². The van der Waals surface area contributed by atoms with Crippen LogP contribution in [-0.4, -0.2) is 28.4 Å². The molecule has 1 aliphatic heterocycles. The van der Waals surface area contributed by atoms with E-state index in [9.17, 15) is 0 Å². The third-order valence-corrected chi connectivity index (χ3v) is 6.72. The van der Waals surface area contributed by atoms with Crippen molar-refractivity contribution in [2.75, 3.05) is 28.4 Å². The Morgan fingerprint density at radius 2 is 1.54 bits per heavy atom. The normalized spacial score (nSPS) is 11.8. The van der Waals surface area contributed by atoms with Gasteiger partial charge in [-0.2, -0.15) is 4.57 Å². The Bertz CT molecular complexity index is 1400. The molecule has 0 fully saturated rings. The zero-order valence-electron chi connectivity index (χ0n) is 20.8. The minimum absolute atomic E-state index is 0. The fraction of sp³-hybridized carbons (Fsp3) is 0.276. The monoisotopic (exact) mass is 583 g/mol. The molecule has 1 aliphatic rings. The molecule has 0 aliphatic carbocycles. The number of aromatic nitrogens is 1. The summed E-state index contributed by atoms with van der Waals surface area (Å²) < 4.78 is 25.1. The molecule has 0 spiro atoms. The van der Waals surface area contributed by atoms with Gasteiger partial charge in [0, 0.05) is 23.8 Å². The second-order valence-electron chi connectivity index (χ2n) is 8.69. The maximum Gasteiger partial charge on any atom is 0.217 e. The van der Waals surface area contributed by atoms with Crippen LogP contribution in [0.2, 0.25) is 0 Å². The van der Waals surface area contributed by atoms with Gasteiger partial charge in [0.05, 0.1) is 39.4 Å². The SMILES string of the molecule is COc1cc2c(cc1OC)-c1c(Cc3cccc(C)c3)c3ccc(OC)c(OC)c3c[n+]1CC2.[I-]. The molecule has 0 saturated heterocycles. The first-order valence-electron chi connectivity index (χ1n) is 11.5. The number of hydrogen-bond acceptors (Lipinski definition) is 4. The Morgan fingerprint density at radius 3 is 2.23 bits per heavy atom. The summed E-state index contributed by atoms with van der Waals surface area (Å²) in [5.41, 5.74) is 7.45. The van der Waals surface area contributed by atoms with Gasteiger partial charge in [-0.3, -0.25) is 0 Å². The highest BCUT2D eigenvalue weighted by molar-refractivity contribution is 5.95. The molecule has 0 amide bonds. The van der Waals surface area contributed by atoms with Crippen LogP contribution in [0.15, 0.2) is 54.7 Å².